The van der Waals surface area contributed by atoms with Gasteiger partial charge in [-0.2, -0.15) is 0 Å². The minimum Gasteiger partial charge on any atom is -0.309 e. The van der Waals surface area contributed by atoms with Gasteiger partial charge in [-0.25, -0.2) is 13.1 Å². The number of nitrogens with zero attached hydrogens (tertiary/aromatic N) is 1. The molecule has 0 bridgehead atoms. The van der Waals surface area contributed by atoms with E-state index in [2.05, 4.69) is 25.6 Å². The molecule has 0 atom stereocenters. The van der Waals surface area contributed by atoms with Crippen LogP contribution in [0.1, 0.15) is 13.8 Å². The molecule has 4 nitrogen and oxygen atoms in total. The van der Waals surface area contributed by atoms with Crippen LogP contribution in [0.15, 0.2) is 20.1 Å². The Balaban J connectivity index is 2.68. The van der Waals surface area contributed by atoms with Crippen molar-refractivity contribution in [1.29, 1.82) is 0 Å². The van der Waals surface area contributed by atoms with E-state index < -0.39 is 10.0 Å². The Labute approximate surface area is 122 Å². The summed E-state index contributed by atoms with van der Waals surface area (Å²) in [7, 11) is 0.569. The van der Waals surface area contributed by atoms with E-state index in [0.717, 1.165) is 10.3 Å². The topological polar surface area (TPSA) is 49.4 Å². The third-order valence-electron chi connectivity index (χ3n) is 2.30. The van der Waals surface area contributed by atoms with Crippen LogP contribution in [0, 0.1) is 5.41 Å². The van der Waals surface area contributed by atoms with Gasteiger partial charge in [0.25, 0.3) is 0 Å². The molecule has 0 aromatic carbocycles. The van der Waals surface area contributed by atoms with E-state index in [-0.39, 0.29) is 5.41 Å². The first kappa shape index (κ1) is 16.1. The first-order chi connectivity index (χ1) is 8.12. The monoisotopic (exact) mass is 354 g/mol. The van der Waals surface area contributed by atoms with Crippen molar-refractivity contribution < 1.29 is 8.42 Å². The Morgan fingerprint density at radius 1 is 1.39 bits per heavy atom. The summed E-state index contributed by atoms with van der Waals surface area (Å²) in [6.07, 6.45) is 0. The zero-order chi connectivity index (χ0) is 14.0. The average molecular weight is 355 g/mol. The molecule has 18 heavy (non-hydrogen) atoms. The van der Waals surface area contributed by atoms with Gasteiger partial charge in [0.1, 0.15) is 4.21 Å². The molecule has 0 aliphatic heterocycles. The Morgan fingerprint density at radius 2 is 2.00 bits per heavy atom. The van der Waals surface area contributed by atoms with Crippen molar-refractivity contribution in [2.45, 2.75) is 18.1 Å². The lowest BCUT2D eigenvalue weighted by molar-refractivity contribution is 0.242. The molecule has 0 spiro atoms. The van der Waals surface area contributed by atoms with Gasteiger partial charge in [-0.05, 0) is 47.6 Å². The van der Waals surface area contributed by atoms with E-state index in [9.17, 15) is 8.42 Å². The molecule has 1 aromatic rings. The summed E-state index contributed by atoms with van der Waals surface area (Å²) in [5.41, 5.74) is -0.106. The number of thiophene rings is 1. The second-order valence-electron chi connectivity index (χ2n) is 5.29. The Morgan fingerprint density at radius 3 is 2.44 bits per heavy atom. The van der Waals surface area contributed by atoms with Crippen molar-refractivity contribution in [3.63, 3.8) is 0 Å². The zero-order valence-corrected chi connectivity index (χ0v) is 14.2. The zero-order valence-electron chi connectivity index (χ0n) is 11.0. The van der Waals surface area contributed by atoms with Gasteiger partial charge in [-0.15, -0.1) is 11.3 Å². The van der Waals surface area contributed by atoms with Crippen molar-refractivity contribution in [1.82, 2.24) is 9.62 Å². The lowest BCUT2D eigenvalue weighted by Crippen LogP contribution is -2.39. The number of hydrogen-bond donors (Lipinski definition) is 1. The van der Waals surface area contributed by atoms with Gasteiger partial charge < -0.3 is 4.90 Å². The van der Waals surface area contributed by atoms with Crippen LogP contribution in [-0.4, -0.2) is 40.5 Å². The fraction of sp³-hybridized carbons (Fsp3) is 0.636. The van der Waals surface area contributed by atoms with Gasteiger partial charge in [-0.3, -0.25) is 0 Å². The highest BCUT2D eigenvalue weighted by molar-refractivity contribution is 9.11. The molecule has 1 aromatic heterocycles. The molecule has 0 aliphatic carbocycles. The number of halogens is 1. The van der Waals surface area contributed by atoms with Crippen molar-refractivity contribution in [2.75, 3.05) is 27.2 Å². The molecule has 7 heteroatoms. The normalized spacial score (nSPS) is 13.2. The average Bonchev–Trinajstić information content (AvgIpc) is 2.61. The van der Waals surface area contributed by atoms with E-state index in [1.165, 1.54) is 11.3 Å². The van der Waals surface area contributed by atoms with Crippen LogP contribution >= 0.6 is 27.3 Å². The largest absolute Gasteiger partial charge is 0.309 e. The van der Waals surface area contributed by atoms with Crippen molar-refractivity contribution >= 4 is 37.3 Å². The minimum absolute atomic E-state index is 0.106. The molecule has 104 valence electrons. The van der Waals surface area contributed by atoms with E-state index in [4.69, 9.17) is 0 Å². The minimum atomic E-state index is -3.39. The maximum Gasteiger partial charge on any atom is 0.250 e. The molecule has 1 heterocycles. The molecule has 0 saturated heterocycles. The maximum atomic E-state index is 12.0. The van der Waals surface area contributed by atoms with E-state index in [1.807, 2.05) is 27.9 Å². The summed E-state index contributed by atoms with van der Waals surface area (Å²) in [5, 5.41) is 0. The summed E-state index contributed by atoms with van der Waals surface area (Å²) in [6, 6.07) is 3.35. The molecule has 0 saturated carbocycles. The van der Waals surface area contributed by atoms with Gasteiger partial charge in [-0.1, -0.05) is 13.8 Å². The van der Waals surface area contributed by atoms with Gasteiger partial charge in [0, 0.05) is 13.1 Å². The van der Waals surface area contributed by atoms with E-state index in [1.54, 1.807) is 12.1 Å². The highest BCUT2D eigenvalue weighted by Crippen LogP contribution is 2.26. The molecule has 0 radical (unpaired) electrons. The highest BCUT2D eigenvalue weighted by Gasteiger charge is 2.23. The quantitative estimate of drug-likeness (QED) is 0.852. The van der Waals surface area contributed by atoms with Crippen LogP contribution < -0.4 is 4.72 Å². The first-order valence-corrected chi connectivity index (χ1v) is 8.61. The number of nitrogens with one attached hydrogen (secondary N) is 1. The molecular formula is C11H19BrN2O2S2. The number of hydrogen-bond acceptors (Lipinski definition) is 4. The van der Waals surface area contributed by atoms with Crippen LogP contribution in [0.3, 0.4) is 0 Å². The van der Waals surface area contributed by atoms with Crippen molar-refractivity contribution in [2.24, 2.45) is 5.41 Å². The standard InChI is InChI=1S/C11H19BrN2O2S2/c1-11(2,8-14(3)4)7-13-18(15,16)10-6-5-9(12)17-10/h5-6,13H,7-8H2,1-4H3. The van der Waals surface area contributed by atoms with Gasteiger partial charge >= 0.3 is 0 Å². The Bertz CT molecular complexity index is 495. The smallest absolute Gasteiger partial charge is 0.250 e. The lowest BCUT2D eigenvalue weighted by Gasteiger charge is -2.28. The summed E-state index contributed by atoms with van der Waals surface area (Å²) in [4.78, 5) is 2.05. The highest BCUT2D eigenvalue weighted by atomic mass is 79.9. The Kier molecular flexibility index (Phi) is 5.37. The molecular weight excluding hydrogens is 336 g/mol. The van der Waals surface area contributed by atoms with Crippen LogP contribution in [0.5, 0.6) is 0 Å². The summed E-state index contributed by atoms with van der Waals surface area (Å²) >= 11 is 4.48. The fourth-order valence-corrected chi connectivity index (χ4v) is 5.01. The van der Waals surface area contributed by atoms with Crippen molar-refractivity contribution in [3.05, 3.63) is 15.9 Å². The van der Waals surface area contributed by atoms with E-state index in [0.29, 0.717) is 10.8 Å². The Hall–Kier alpha value is 0.0500. The van der Waals surface area contributed by atoms with Crippen LogP contribution in [0.25, 0.3) is 0 Å². The number of sulfonamides is 1. The summed E-state index contributed by atoms with van der Waals surface area (Å²) in [6.45, 7) is 5.33. The summed E-state index contributed by atoms with van der Waals surface area (Å²) < 4.78 is 27.9. The van der Waals surface area contributed by atoms with Crippen LogP contribution in [0.4, 0.5) is 0 Å². The second kappa shape index (κ2) is 6.00. The molecule has 0 aliphatic rings. The van der Waals surface area contributed by atoms with Crippen LogP contribution in [-0.2, 0) is 10.0 Å². The molecule has 0 unspecified atom stereocenters. The van der Waals surface area contributed by atoms with Gasteiger partial charge in [0.15, 0.2) is 0 Å². The third-order valence-corrected chi connectivity index (χ3v) is 5.82. The predicted molar refractivity (Wildman–Crippen MR) is 79.5 cm³/mol. The molecule has 0 fully saturated rings. The fourth-order valence-electron chi connectivity index (χ4n) is 1.72. The second-order valence-corrected chi connectivity index (χ2v) is 9.74. The number of rotatable bonds is 6. The maximum absolute atomic E-state index is 12.0. The van der Waals surface area contributed by atoms with E-state index >= 15 is 0 Å². The van der Waals surface area contributed by atoms with Crippen molar-refractivity contribution in [3.8, 4) is 0 Å². The molecule has 1 rings (SSSR count). The SMILES string of the molecule is CN(C)CC(C)(C)CNS(=O)(=O)c1ccc(Br)s1. The third kappa shape index (κ3) is 4.97. The van der Waals surface area contributed by atoms with Gasteiger partial charge in [0.2, 0.25) is 10.0 Å². The van der Waals surface area contributed by atoms with Gasteiger partial charge in [0.05, 0.1) is 3.79 Å². The van der Waals surface area contributed by atoms with Crippen LogP contribution in [0.2, 0.25) is 0 Å². The predicted octanol–water partition coefficient (Wildman–Crippen LogP) is 2.38. The lowest BCUT2D eigenvalue weighted by atomic mass is 9.93. The molecule has 1 N–H and O–H groups in total. The molecule has 0 amide bonds. The summed E-state index contributed by atoms with van der Waals surface area (Å²) in [5.74, 6) is 0. The first-order valence-electron chi connectivity index (χ1n) is 5.52.